The fraction of sp³-hybridized carbons (Fsp3) is 0.600. The van der Waals surface area contributed by atoms with Gasteiger partial charge in [-0.1, -0.05) is 19.9 Å². The fourth-order valence-corrected chi connectivity index (χ4v) is 2.79. The Morgan fingerprint density at radius 3 is 2.61 bits per heavy atom. The third kappa shape index (κ3) is 2.83. The van der Waals surface area contributed by atoms with Crippen molar-refractivity contribution in [2.45, 2.75) is 45.8 Å². The highest BCUT2D eigenvalue weighted by Gasteiger charge is 2.34. The molecule has 0 saturated heterocycles. The van der Waals surface area contributed by atoms with Crippen LogP contribution in [0.1, 0.15) is 32.3 Å². The van der Waals surface area contributed by atoms with Crippen molar-refractivity contribution in [3.8, 4) is 5.75 Å². The maximum atomic E-state index is 13.4. The lowest BCUT2D eigenvalue weighted by Gasteiger charge is -2.36. The van der Waals surface area contributed by atoms with Crippen molar-refractivity contribution in [2.24, 2.45) is 11.8 Å². The van der Waals surface area contributed by atoms with E-state index in [1.165, 1.54) is 6.07 Å². The molecular formula is C15H21FO2. The number of aliphatic hydroxyl groups excluding tert-OH is 1. The van der Waals surface area contributed by atoms with Crippen molar-refractivity contribution in [2.75, 3.05) is 0 Å². The van der Waals surface area contributed by atoms with E-state index in [9.17, 15) is 9.50 Å². The van der Waals surface area contributed by atoms with E-state index in [2.05, 4.69) is 13.8 Å². The van der Waals surface area contributed by atoms with E-state index in [-0.39, 0.29) is 17.8 Å². The molecule has 0 heterocycles. The van der Waals surface area contributed by atoms with Crippen LogP contribution in [-0.4, -0.2) is 17.3 Å². The molecule has 0 radical (unpaired) electrons. The van der Waals surface area contributed by atoms with Gasteiger partial charge in [0.15, 0.2) is 0 Å². The van der Waals surface area contributed by atoms with Crippen LogP contribution in [0, 0.1) is 24.6 Å². The first-order valence-corrected chi connectivity index (χ1v) is 6.58. The summed E-state index contributed by atoms with van der Waals surface area (Å²) in [7, 11) is 0. The first kappa shape index (κ1) is 13.3. The van der Waals surface area contributed by atoms with Gasteiger partial charge >= 0.3 is 0 Å². The quantitative estimate of drug-likeness (QED) is 0.875. The van der Waals surface area contributed by atoms with Gasteiger partial charge in [0.25, 0.3) is 0 Å². The molecule has 1 aliphatic carbocycles. The molecule has 0 aliphatic heterocycles. The first-order valence-electron chi connectivity index (χ1n) is 6.58. The van der Waals surface area contributed by atoms with Crippen molar-refractivity contribution in [3.05, 3.63) is 29.6 Å². The van der Waals surface area contributed by atoms with Gasteiger partial charge in [-0.3, -0.25) is 0 Å². The highest BCUT2D eigenvalue weighted by atomic mass is 19.1. The maximum absolute atomic E-state index is 13.4. The number of rotatable bonds is 2. The predicted octanol–water partition coefficient (Wildman–Crippen LogP) is 3.31. The van der Waals surface area contributed by atoms with Gasteiger partial charge in [-0.2, -0.15) is 0 Å². The number of hydrogen-bond donors (Lipinski definition) is 1. The zero-order valence-corrected chi connectivity index (χ0v) is 11.2. The number of halogens is 1. The van der Waals surface area contributed by atoms with Crippen molar-refractivity contribution in [1.82, 2.24) is 0 Å². The lowest BCUT2D eigenvalue weighted by Crippen LogP contribution is -2.43. The minimum atomic E-state index is -0.465. The molecule has 1 saturated carbocycles. The van der Waals surface area contributed by atoms with Gasteiger partial charge in [-0.25, -0.2) is 4.39 Å². The summed E-state index contributed by atoms with van der Waals surface area (Å²) >= 11 is 0. The summed E-state index contributed by atoms with van der Waals surface area (Å²) in [6.45, 7) is 5.94. The summed E-state index contributed by atoms with van der Waals surface area (Å²) < 4.78 is 19.2. The van der Waals surface area contributed by atoms with Crippen molar-refractivity contribution >= 4 is 0 Å². The monoisotopic (exact) mass is 252 g/mol. The van der Waals surface area contributed by atoms with Gasteiger partial charge < -0.3 is 9.84 Å². The highest BCUT2D eigenvalue weighted by molar-refractivity contribution is 5.28. The SMILES string of the molecule is Cc1ccc(OC2C(C)CC(C)CC2O)cc1F. The van der Waals surface area contributed by atoms with Crippen molar-refractivity contribution < 1.29 is 14.2 Å². The molecule has 1 aliphatic rings. The van der Waals surface area contributed by atoms with Gasteiger partial charge in [0.05, 0.1) is 6.10 Å². The summed E-state index contributed by atoms with van der Waals surface area (Å²) in [6.07, 6.45) is 1.09. The van der Waals surface area contributed by atoms with Crippen LogP contribution in [0.25, 0.3) is 0 Å². The Hall–Kier alpha value is -1.09. The van der Waals surface area contributed by atoms with E-state index < -0.39 is 6.10 Å². The average Bonchev–Trinajstić information content (AvgIpc) is 2.28. The number of aryl methyl sites for hydroxylation is 1. The number of aliphatic hydroxyl groups is 1. The smallest absolute Gasteiger partial charge is 0.129 e. The summed E-state index contributed by atoms with van der Waals surface area (Å²) in [6, 6.07) is 4.86. The van der Waals surface area contributed by atoms with Gasteiger partial charge in [-0.15, -0.1) is 0 Å². The summed E-state index contributed by atoms with van der Waals surface area (Å²) in [5.74, 6) is 1.04. The van der Waals surface area contributed by atoms with E-state index in [1.54, 1.807) is 19.1 Å². The van der Waals surface area contributed by atoms with E-state index >= 15 is 0 Å². The van der Waals surface area contributed by atoms with Crippen LogP contribution in [0.4, 0.5) is 4.39 Å². The summed E-state index contributed by atoms with van der Waals surface area (Å²) in [5.41, 5.74) is 0.605. The molecule has 2 rings (SSSR count). The van der Waals surface area contributed by atoms with Crippen LogP contribution < -0.4 is 4.74 Å². The van der Waals surface area contributed by atoms with Crippen LogP contribution in [0.2, 0.25) is 0 Å². The Bertz CT molecular complexity index is 407. The van der Waals surface area contributed by atoms with Gasteiger partial charge in [-0.05, 0) is 43.2 Å². The lowest BCUT2D eigenvalue weighted by molar-refractivity contribution is -0.0389. The van der Waals surface area contributed by atoms with Crippen LogP contribution in [-0.2, 0) is 0 Å². The molecule has 18 heavy (non-hydrogen) atoms. The second-order valence-corrected chi connectivity index (χ2v) is 5.61. The molecule has 1 aromatic rings. The normalized spacial score (nSPS) is 32.3. The fourth-order valence-electron chi connectivity index (χ4n) is 2.79. The summed E-state index contributed by atoms with van der Waals surface area (Å²) in [4.78, 5) is 0. The largest absolute Gasteiger partial charge is 0.487 e. The maximum Gasteiger partial charge on any atom is 0.129 e. The van der Waals surface area contributed by atoms with E-state index in [0.29, 0.717) is 17.2 Å². The van der Waals surface area contributed by atoms with Crippen LogP contribution in [0.5, 0.6) is 5.75 Å². The second kappa shape index (κ2) is 5.27. The van der Waals surface area contributed by atoms with E-state index in [1.807, 2.05) is 0 Å². The molecule has 100 valence electrons. The Morgan fingerprint density at radius 1 is 1.28 bits per heavy atom. The standard InChI is InChI=1S/C15H21FO2/c1-9-6-11(3)15(14(17)7-9)18-12-5-4-10(2)13(16)8-12/h4-5,8-9,11,14-15,17H,6-7H2,1-3H3. The first-order chi connectivity index (χ1) is 8.47. The molecule has 4 atom stereocenters. The minimum Gasteiger partial charge on any atom is -0.487 e. The molecule has 1 aromatic carbocycles. The molecule has 3 heteroatoms. The van der Waals surface area contributed by atoms with E-state index in [4.69, 9.17) is 4.74 Å². The molecule has 0 spiro atoms. The number of benzene rings is 1. The molecule has 0 bridgehead atoms. The van der Waals surface area contributed by atoms with Crippen LogP contribution >= 0.6 is 0 Å². The third-order valence-corrected chi connectivity index (χ3v) is 3.77. The predicted molar refractivity (Wildman–Crippen MR) is 69.1 cm³/mol. The van der Waals surface area contributed by atoms with Gasteiger partial charge in [0.1, 0.15) is 17.7 Å². The Balaban J connectivity index is 2.10. The number of hydrogen-bond acceptors (Lipinski definition) is 2. The minimum absolute atomic E-state index is 0.233. The van der Waals surface area contributed by atoms with Crippen molar-refractivity contribution in [3.63, 3.8) is 0 Å². The van der Waals surface area contributed by atoms with Gasteiger partial charge in [0.2, 0.25) is 0 Å². The lowest BCUT2D eigenvalue weighted by atomic mass is 9.79. The van der Waals surface area contributed by atoms with E-state index in [0.717, 1.165) is 12.8 Å². The molecule has 1 fully saturated rings. The zero-order valence-electron chi connectivity index (χ0n) is 11.2. The third-order valence-electron chi connectivity index (χ3n) is 3.77. The Labute approximate surface area is 108 Å². The van der Waals surface area contributed by atoms with Gasteiger partial charge in [0, 0.05) is 6.07 Å². The molecular weight excluding hydrogens is 231 g/mol. The molecule has 2 nitrogen and oxygen atoms in total. The average molecular weight is 252 g/mol. The highest BCUT2D eigenvalue weighted by Crippen LogP contribution is 2.32. The van der Waals surface area contributed by atoms with Crippen LogP contribution in [0.3, 0.4) is 0 Å². The van der Waals surface area contributed by atoms with Crippen molar-refractivity contribution in [1.29, 1.82) is 0 Å². The zero-order chi connectivity index (χ0) is 13.3. The molecule has 1 N–H and O–H groups in total. The van der Waals surface area contributed by atoms with Crippen LogP contribution in [0.15, 0.2) is 18.2 Å². The number of ether oxygens (including phenoxy) is 1. The molecule has 0 amide bonds. The summed E-state index contributed by atoms with van der Waals surface area (Å²) in [5, 5.41) is 10.1. The Morgan fingerprint density at radius 2 is 2.00 bits per heavy atom. The Kier molecular flexibility index (Phi) is 3.91. The molecule has 4 unspecified atom stereocenters. The molecule has 0 aromatic heterocycles. The second-order valence-electron chi connectivity index (χ2n) is 5.61. The topological polar surface area (TPSA) is 29.5 Å².